The van der Waals surface area contributed by atoms with Crippen LogP contribution in [0.15, 0.2) is 46.8 Å². The highest BCUT2D eigenvalue weighted by molar-refractivity contribution is 5.78. The van der Waals surface area contributed by atoms with E-state index in [1.807, 2.05) is 13.1 Å². The van der Waals surface area contributed by atoms with Crippen molar-refractivity contribution >= 4 is 6.21 Å². The van der Waals surface area contributed by atoms with E-state index in [9.17, 15) is 0 Å². The molecule has 0 fully saturated rings. The fourth-order valence-corrected chi connectivity index (χ4v) is 2.95. The van der Waals surface area contributed by atoms with Crippen molar-refractivity contribution in [3.8, 4) is 23.7 Å². The van der Waals surface area contributed by atoms with Crippen LogP contribution in [0, 0.1) is 37.5 Å². The molecule has 0 aromatic carbocycles. The topological polar surface area (TPSA) is 16.2 Å². The molecule has 1 aromatic rings. The van der Waals surface area contributed by atoms with Gasteiger partial charge in [-0.05, 0) is 77.4 Å². The highest BCUT2D eigenvalue weighted by Crippen LogP contribution is 2.01. The van der Waals surface area contributed by atoms with Crippen molar-refractivity contribution in [2.75, 3.05) is 6.54 Å². The van der Waals surface area contributed by atoms with E-state index in [0.29, 0.717) is 0 Å². The van der Waals surface area contributed by atoms with Crippen LogP contribution >= 0.6 is 0 Å². The lowest BCUT2D eigenvalue weighted by molar-refractivity contribution is -0.698. The Morgan fingerprint density at radius 1 is 0.931 bits per heavy atom. The van der Waals surface area contributed by atoms with E-state index in [1.54, 1.807) is 0 Å². The van der Waals surface area contributed by atoms with Gasteiger partial charge in [0.05, 0.1) is 0 Å². The van der Waals surface area contributed by atoms with Gasteiger partial charge in [0, 0.05) is 43.1 Å². The van der Waals surface area contributed by atoms with Crippen LogP contribution in [0.1, 0.15) is 70.4 Å². The van der Waals surface area contributed by atoms with Crippen molar-refractivity contribution in [2.45, 2.75) is 79.7 Å². The first kappa shape index (κ1) is 24.5. The zero-order valence-corrected chi connectivity index (χ0v) is 19.0. The molecule has 0 aliphatic carbocycles. The minimum Gasteiger partial charge on any atom is -0.293 e. The Balaban J connectivity index is 2.09. The first-order chi connectivity index (χ1) is 14.0. The van der Waals surface area contributed by atoms with Crippen LogP contribution in [0.25, 0.3) is 0 Å². The third kappa shape index (κ3) is 13.3. The average Bonchev–Trinajstić information content (AvgIpc) is 2.67. The molecule has 0 spiro atoms. The predicted molar refractivity (Wildman–Crippen MR) is 126 cm³/mol. The molecule has 0 bridgehead atoms. The lowest BCUT2D eigenvalue weighted by Crippen LogP contribution is -2.33. The molecule has 0 saturated heterocycles. The maximum atomic E-state index is 4.47. The van der Waals surface area contributed by atoms with Crippen molar-refractivity contribution < 1.29 is 4.57 Å². The molecule has 0 aliphatic rings. The number of aromatic nitrogens is 1. The fraction of sp³-hybridized carbons (Fsp3) is 0.481. The molecular weight excluding hydrogens is 352 g/mol. The molecule has 2 heteroatoms. The first-order valence-electron chi connectivity index (χ1n) is 10.8. The summed E-state index contributed by atoms with van der Waals surface area (Å²) in [4.78, 5) is 4.47. The van der Waals surface area contributed by atoms with Crippen molar-refractivity contribution in [3.63, 3.8) is 0 Å². The largest absolute Gasteiger partial charge is 0.293 e. The van der Waals surface area contributed by atoms with Crippen molar-refractivity contribution in [1.82, 2.24) is 0 Å². The molecule has 0 unspecified atom stereocenters. The Morgan fingerprint density at radius 2 is 1.55 bits per heavy atom. The predicted octanol–water partition coefficient (Wildman–Crippen LogP) is 5.92. The van der Waals surface area contributed by atoms with Gasteiger partial charge in [-0.25, -0.2) is 4.57 Å². The molecule has 2 nitrogen and oxygen atoms in total. The zero-order valence-electron chi connectivity index (χ0n) is 19.0. The van der Waals surface area contributed by atoms with Crippen LogP contribution in [0.3, 0.4) is 0 Å². The van der Waals surface area contributed by atoms with Gasteiger partial charge >= 0.3 is 0 Å². The first-order valence-corrected chi connectivity index (χ1v) is 10.8. The number of hydrogen-bond acceptors (Lipinski definition) is 1. The summed E-state index contributed by atoms with van der Waals surface area (Å²) in [6.07, 6.45) is 16.9. The molecule has 0 radical (unpaired) electrons. The summed E-state index contributed by atoms with van der Waals surface area (Å²) in [5, 5.41) is 0. The number of rotatable bonds is 10. The van der Waals surface area contributed by atoms with E-state index >= 15 is 0 Å². The van der Waals surface area contributed by atoms with Gasteiger partial charge in [-0.15, -0.1) is 0 Å². The van der Waals surface area contributed by atoms with E-state index in [1.165, 1.54) is 22.3 Å². The third-order valence-corrected chi connectivity index (χ3v) is 4.45. The number of aryl methyl sites for hydroxylation is 3. The lowest BCUT2D eigenvalue weighted by atomic mass is 10.2. The Morgan fingerprint density at radius 3 is 2.17 bits per heavy atom. The van der Waals surface area contributed by atoms with Crippen LogP contribution in [-0.2, 0) is 6.54 Å². The minimum atomic E-state index is 0.867. The maximum Gasteiger partial charge on any atom is 0.171 e. The summed E-state index contributed by atoms with van der Waals surface area (Å²) in [7, 11) is 0. The van der Waals surface area contributed by atoms with Gasteiger partial charge in [-0.3, -0.25) is 4.99 Å². The van der Waals surface area contributed by atoms with Crippen LogP contribution in [0.4, 0.5) is 0 Å². The molecule has 1 rings (SSSR count). The molecule has 29 heavy (non-hydrogen) atoms. The Kier molecular flexibility index (Phi) is 13.0. The summed E-state index contributed by atoms with van der Waals surface area (Å²) in [6.45, 7) is 12.5. The van der Waals surface area contributed by atoms with Crippen LogP contribution in [0.2, 0.25) is 0 Å². The van der Waals surface area contributed by atoms with Gasteiger partial charge in [0.25, 0.3) is 0 Å². The molecule has 1 aromatic heterocycles. The number of nitrogens with zero attached hydrogens (tertiary/aromatic N) is 2. The second kappa shape index (κ2) is 15.4. The standard InChI is InChI=1S/C27H37N2/c1-6-24(2)19-25(3)21-28-17-15-13-11-9-7-8-10-12-14-16-18-29-22-26(4)20-27(5)23-29/h6,19-23H,11-18H2,1-5H3/q+1/b24-6-,25-19-,28-21+. The van der Waals surface area contributed by atoms with E-state index < -0.39 is 0 Å². The SMILES string of the molecule is C\C=C(C)/C=C(C)\C=N\CCCCC#CC#CCCCC[n+]1cc(C)cc(C)c1. The van der Waals surface area contributed by atoms with E-state index in [4.69, 9.17) is 0 Å². The number of aliphatic imine (C=N–C) groups is 1. The summed E-state index contributed by atoms with van der Waals surface area (Å²) < 4.78 is 2.28. The molecule has 0 aliphatic heterocycles. The van der Waals surface area contributed by atoms with Crippen molar-refractivity contribution in [2.24, 2.45) is 4.99 Å². The van der Waals surface area contributed by atoms with Gasteiger partial charge < -0.3 is 0 Å². The quantitative estimate of drug-likeness (QED) is 0.155. The third-order valence-electron chi connectivity index (χ3n) is 4.45. The van der Waals surface area contributed by atoms with E-state index in [-0.39, 0.29) is 0 Å². The lowest BCUT2D eigenvalue weighted by Gasteiger charge is -1.99. The zero-order chi connectivity index (χ0) is 21.3. The van der Waals surface area contributed by atoms with Gasteiger partial charge in [0.15, 0.2) is 12.4 Å². The molecule has 0 amide bonds. The minimum absolute atomic E-state index is 0.867. The number of allylic oxidation sites excluding steroid dienone is 4. The summed E-state index contributed by atoms with van der Waals surface area (Å²) in [5.74, 6) is 12.3. The molecule has 1 heterocycles. The highest BCUT2D eigenvalue weighted by Gasteiger charge is 2.01. The monoisotopic (exact) mass is 389 g/mol. The van der Waals surface area contributed by atoms with Crippen LogP contribution < -0.4 is 4.57 Å². The van der Waals surface area contributed by atoms with E-state index in [0.717, 1.165) is 51.6 Å². The average molecular weight is 390 g/mol. The number of hydrogen-bond donors (Lipinski definition) is 0. The maximum absolute atomic E-state index is 4.47. The Bertz CT molecular complexity index is 813. The van der Waals surface area contributed by atoms with Crippen molar-refractivity contribution in [1.29, 1.82) is 0 Å². The Hall–Kier alpha value is -2.58. The summed E-state index contributed by atoms with van der Waals surface area (Å²) in [5.41, 5.74) is 5.10. The van der Waals surface area contributed by atoms with E-state index in [2.05, 4.69) is 91.5 Å². The second-order valence-electron chi connectivity index (χ2n) is 7.60. The second-order valence-corrected chi connectivity index (χ2v) is 7.60. The number of pyridine rings is 1. The number of unbranched alkanes of at least 4 members (excludes halogenated alkanes) is 4. The summed E-state index contributed by atoms with van der Waals surface area (Å²) >= 11 is 0. The molecular formula is C27H37N2+. The Labute approximate surface area is 178 Å². The van der Waals surface area contributed by atoms with Gasteiger partial charge in [-0.1, -0.05) is 29.6 Å². The highest BCUT2D eigenvalue weighted by atomic mass is 14.9. The van der Waals surface area contributed by atoms with Crippen molar-refractivity contribution in [3.05, 3.63) is 52.9 Å². The molecule has 0 atom stereocenters. The smallest absolute Gasteiger partial charge is 0.171 e. The van der Waals surface area contributed by atoms with Gasteiger partial charge in [0.1, 0.15) is 6.54 Å². The van der Waals surface area contributed by atoms with Gasteiger partial charge in [0.2, 0.25) is 0 Å². The molecule has 0 saturated carbocycles. The fourth-order valence-electron chi connectivity index (χ4n) is 2.95. The van der Waals surface area contributed by atoms with Crippen LogP contribution in [0.5, 0.6) is 0 Å². The van der Waals surface area contributed by atoms with Gasteiger partial charge in [-0.2, -0.15) is 0 Å². The summed E-state index contributed by atoms with van der Waals surface area (Å²) in [6, 6.07) is 2.21. The molecule has 0 N–H and O–H groups in total. The van der Waals surface area contributed by atoms with Crippen LogP contribution in [-0.4, -0.2) is 12.8 Å². The molecule has 154 valence electrons. The normalized spacial score (nSPS) is 11.8.